The second-order valence-corrected chi connectivity index (χ2v) is 11.3. The van der Waals surface area contributed by atoms with Gasteiger partial charge < -0.3 is 10.1 Å². The average Bonchev–Trinajstić information content (AvgIpc) is 3.78. The minimum absolute atomic E-state index is 0.113. The van der Waals surface area contributed by atoms with Crippen molar-refractivity contribution < 1.29 is 22.3 Å². The standard InChI is InChI=1S/C29H27FN4O4S/c1-19-28(34-39(36,37)24-12-13-24)33-27(16-31-19)22-9-14-26(30)25(15-22)29(35)32-23-10-7-21(8-11-23)18-38-17-20-5-3-2-4-6-20/h2-11,14-16,24H,12-13,17-18H2,1H3,(H,32,35)(H,33,34). The lowest BCUT2D eigenvalue weighted by Crippen LogP contribution is -2.19. The molecule has 0 saturated heterocycles. The highest BCUT2D eigenvalue weighted by molar-refractivity contribution is 7.93. The highest BCUT2D eigenvalue weighted by Crippen LogP contribution is 2.30. The van der Waals surface area contributed by atoms with Gasteiger partial charge in [0.05, 0.1) is 41.6 Å². The molecule has 0 unspecified atom stereocenters. The Morgan fingerprint density at radius 3 is 2.38 bits per heavy atom. The zero-order valence-electron chi connectivity index (χ0n) is 21.2. The molecule has 0 atom stereocenters. The van der Waals surface area contributed by atoms with E-state index in [1.54, 1.807) is 19.1 Å². The summed E-state index contributed by atoms with van der Waals surface area (Å²) in [6.07, 6.45) is 2.68. The summed E-state index contributed by atoms with van der Waals surface area (Å²) < 4.78 is 47.6. The molecule has 1 aliphatic carbocycles. The van der Waals surface area contributed by atoms with Crippen LogP contribution < -0.4 is 10.0 Å². The van der Waals surface area contributed by atoms with Gasteiger partial charge in [0.1, 0.15) is 5.82 Å². The van der Waals surface area contributed by atoms with Crippen molar-refractivity contribution in [2.75, 3.05) is 10.0 Å². The number of aryl methyl sites for hydroxylation is 1. The van der Waals surface area contributed by atoms with Gasteiger partial charge in [0.25, 0.3) is 5.91 Å². The highest BCUT2D eigenvalue weighted by atomic mass is 32.2. The van der Waals surface area contributed by atoms with Crippen molar-refractivity contribution in [3.63, 3.8) is 0 Å². The van der Waals surface area contributed by atoms with Crippen LogP contribution in [0.4, 0.5) is 15.9 Å². The first kappa shape index (κ1) is 26.5. The molecule has 1 saturated carbocycles. The van der Waals surface area contributed by atoms with Crippen LogP contribution in [-0.2, 0) is 28.0 Å². The summed E-state index contributed by atoms with van der Waals surface area (Å²) in [5.74, 6) is -1.21. The van der Waals surface area contributed by atoms with Crippen molar-refractivity contribution in [1.29, 1.82) is 0 Å². The van der Waals surface area contributed by atoms with Crippen LogP contribution in [-0.4, -0.2) is 29.5 Å². The minimum atomic E-state index is -3.53. The number of benzene rings is 3. The summed E-state index contributed by atoms with van der Waals surface area (Å²) in [6, 6.07) is 21.0. The molecular weight excluding hydrogens is 519 g/mol. The molecular formula is C29H27FN4O4S. The molecule has 0 radical (unpaired) electrons. The SMILES string of the molecule is Cc1ncc(-c2ccc(F)c(C(=O)Nc3ccc(COCc4ccccc4)cc3)c2)nc1NS(=O)(=O)C1CC1. The molecule has 1 fully saturated rings. The molecule has 1 aromatic heterocycles. The number of aromatic nitrogens is 2. The Morgan fingerprint density at radius 1 is 1.00 bits per heavy atom. The van der Waals surface area contributed by atoms with E-state index in [2.05, 4.69) is 20.0 Å². The normalized spacial score (nSPS) is 13.2. The minimum Gasteiger partial charge on any atom is -0.372 e. The molecule has 0 aliphatic heterocycles. The maximum atomic E-state index is 14.6. The second-order valence-electron chi connectivity index (χ2n) is 9.36. The van der Waals surface area contributed by atoms with E-state index in [-0.39, 0.29) is 11.4 Å². The van der Waals surface area contributed by atoms with Gasteiger partial charge in [-0.25, -0.2) is 17.8 Å². The van der Waals surface area contributed by atoms with Gasteiger partial charge in [0.15, 0.2) is 5.82 Å². The molecule has 8 nitrogen and oxygen atoms in total. The van der Waals surface area contributed by atoms with Gasteiger partial charge in [-0.05, 0) is 61.2 Å². The average molecular weight is 547 g/mol. The van der Waals surface area contributed by atoms with Gasteiger partial charge in [-0.1, -0.05) is 42.5 Å². The largest absolute Gasteiger partial charge is 0.372 e. The fourth-order valence-electron chi connectivity index (χ4n) is 3.88. The first-order valence-electron chi connectivity index (χ1n) is 12.5. The monoisotopic (exact) mass is 546 g/mol. The Labute approximate surface area is 226 Å². The molecule has 39 heavy (non-hydrogen) atoms. The van der Waals surface area contributed by atoms with E-state index in [1.807, 2.05) is 42.5 Å². The Hall–Kier alpha value is -4.15. The van der Waals surface area contributed by atoms with Crippen LogP contribution >= 0.6 is 0 Å². The van der Waals surface area contributed by atoms with Crippen LogP contribution in [0.2, 0.25) is 0 Å². The van der Waals surface area contributed by atoms with Crippen molar-refractivity contribution in [2.24, 2.45) is 0 Å². The summed E-state index contributed by atoms with van der Waals surface area (Å²) in [6.45, 7) is 2.55. The summed E-state index contributed by atoms with van der Waals surface area (Å²) in [5.41, 5.74) is 3.49. The third kappa shape index (κ3) is 6.65. The molecule has 1 heterocycles. The van der Waals surface area contributed by atoms with E-state index >= 15 is 0 Å². The summed E-state index contributed by atoms with van der Waals surface area (Å²) in [5, 5.41) is 2.29. The van der Waals surface area contributed by atoms with Crippen molar-refractivity contribution in [2.45, 2.75) is 38.2 Å². The lowest BCUT2D eigenvalue weighted by atomic mass is 10.1. The van der Waals surface area contributed by atoms with E-state index in [0.717, 1.165) is 11.1 Å². The molecule has 10 heteroatoms. The predicted molar refractivity (Wildman–Crippen MR) is 147 cm³/mol. The summed E-state index contributed by atoms with van der Waals surface area (Å²) in [4.78, 5) is 21.5. The van der Waals surface area contributed by atoms with Crippen LogP contribution in [0.1, 0.15) is 40.0 Å². The maximum Gasteiger partial charge on any atom is 0.258 e. The fourth-order valence-corrected chi connectivity index (χ4v) is 5.27. The number of amides is 1. The lowest BCUT2D eigenvalue weighted by Gasteiger charge is -2.12. The number of nitrogens with zero attached hydrogens (tertiary/aromatic N) is 2. The first-order chi connectivity index (χ1) is 18.8. The van der Waals surface area contributed by atoms with E-state index in [0.29, 0.717) is 48.7 Å². The van der Waals surface area contributed by atoms with Gasteiger partial charge in [-0.15, -0.1) is 0 Å². The summed E-state index contributed by atoms with van der Waals surface area (Å²) in [7, 11) is -3.53. The Morgan fingerprint density at radius 2 is 1.69 bits per heavy atom. The third-order valence-corrected chi connectivity index (χ3v) is 8.08. The van der Waals surface area contributed by atoms with E-state index in [4.69, 9.17) is 4.74 Å². The van der Waals surface area contributed by atoms with Crippen LogP contribution in [0, 0.1) is 12.7 Å². The van der Waals surface area contributed by atoms with Crippen LogP contribution in [0.25, 0.3) is 11.3 Å². The topological polar surface area (TPSA) is 110 Å². The number of anilines is 2. The number of hydrogen-bond acceptors (Lipinski definition) is 6. The van der Waals surface area contributed by atoms with E-state index in [9.17, 15) is 17.6 Å². The molecule has 200 valence electrons. The summed E-state index contributed by atoms with van der Waals surface area (Å²) >= 11 is 0. The third-order valence-electron chi connectivity index (χ3n) is 6.26. The Kier molecular flexibility index (Phi) is 7.67. The van der Waals surface area contributed by atoms with Gasteiger partial charge >= 0.3 is 0 Å². The molecule has 5 rings (SSSR count). The van der Waals surface area contributed by atoms with Crippen molar-refractivity contribution >= 4 is 27.4 Å². The smallest absolute Gasteiger partial charge is 0.258 e. The molecule has 1 amide bonds. The molecule has 0 bridgehead atoms. The van der Waals surface area contributed by atoms with Crippen molar-refractivity contribution in [1.82, 2.24) is 9.97 Å². The zero-order valence-corrected chi connectivity index (χ0v) is 22.0. The zero-order chi connectivity index (χ0) is 27.4. The number of rotatable bonds is 10. The molecule has 3 aromatic carbocycles. The Bertz CT molecular complexity index is 1590. The molecule has 0 spiro atoms. The molecule has 1 aliphatic rings. The molecule has 2 N–H and O–H groups in total. The maximum absolute atomic E-state index is 14.6. The van der Waals surface area contributed by atoms with Crippen molar-refractivity contribution in [3.05, 3.63) is 107 Å². The van der Waals surface area contributed by atoms with Gasteiger partial charge in [0.2, 0.25) is 10.0 Å². The van der Waals surface area contributed by atoms with Crippen LogP contribution in [0.5, 0.6) is 0 Å². The second kappa shape index (κ2) is 11.3. The Balaban J connectivity index is 1.26. The quantitative estimate of drug-likeness (QED) is 0.273. The number of hydrogen-bond donors (Lipinski definition) is 2. The number of sulfonamides is 1. The van der Waals surface area contributed by atoms with Crippen molar-refractivity contribution in [3.8, 4) is 11.3 Å². The first-order valence-corrected chi connectivity index (χ1v) is 14.0. The van der Waals surface area contributed by atoms with Gasteiger partial charge in [-0.3, -0.25) is 14.5 Å². The van der Waals surface area contributed by atoms with Gasteiger partial charge in [0, 0.05) is 11.3 Å². The van der Waals surface area contributed by atoms with E-state index < -0.39 is 27.0 Å². The number of carbonyl (C=O) groups is 1. The number of carbonyl (C=O) groups excluding carboxylic acids is 1. The van der Waals surface area contributed by atoms with E-state index in [1.165, 1.54) is 24.4 Å². The van der Waals surface area contributed by atoms with Crippen LogP contribution in [0.3, 0.4) is 0 Å². The number of nitrogens with one attached hydrogen (secondary N) is 2. The highest BCUT2D eigenvalue weighted by Gasteiger charge is 2.36. The lowest BCUT2D eigenvalue weighted by molar-refractivity contribution is 0.102. The van der Waals surface area contributed by atoms with Gasteiger partial charge in [-0.2, -0.15) is 0 Å². The predicted octanol–water partition coefficient (Wildman–Crippen LogP) is 5.46. The van der Waals surface area contributed by atoms with Crippen LogP contribution in [0.15, 0.2) is 79.0 Å². The number of ether oxygens (including phenoxy) is 1. The fraction of sp³-hybridized carbons (Fsp3) is 0.207. The molecule has 4 aromatic rings. The number of halogens is 1.